The minimum absolute atomic E-state index is 0.00764. The summed E-state index contributed by atoms with van der Waals surface area (Å²) in [4.78, 5) is 16.7. The molecular weight excluding hydrogens is 314 g/mol. The van der Waals surface area contributed by atoms with Crippen molar-refractivity contribution in [3.8, 4) is 11.1 Å². The summed E-state index contributed by atoms with van der Waals surface area (Å²) in [5.41, 5.74) is 6.18. The van der Waals surface area contributed by atoms with E-state index in [-0.39, 0.29) is 5.91 Å². The number of aromatic nitrogens is 4. The minimum atomic E-state index is 0.00764. The van der Waals surface area contributed by atoms with E-state index in [0.29, 0.717) is 13.1 Å². The quantitative estimate of drug-likeness (QED) is 0.798. The van der Waals surface area contributed by atoms with Crippen molar-refractivity contribution < 1.29 is 4.79 Å². The highest BCUT2D eigenvalue weighted by molar-refractivity contribution is 5.99. The van der Waals surface area contributed by atoms with Gasteiger partial charge in [-0.1, -0.05) is 0 Å². The van der Waals surface area contributed by atoms with Crippen molar-refractivity contribution in [3.05, 3.63) is 58.9 Å². The second-order valence-corrected chi connectivity index (χ2v) is 6.58. The lowest BCUT2D eigenvalue weighted by molar-refractivity contribution is 0.0946. The summed E-state index contributed by atoms with van der Waals surface area (Å²) in [7, 11) is 1.92. The van der Waals surface area contributed by atoms with Gasteiger partial charge in [-0.15, -0.1) is 0 Å². The fourth-order valence-electron chi connectivity index (χ4n) is 3.56. The molecule has 0 fully saturated rings. The molecule has 0 unspecified atom stereocenters. The summed E-state index contributed by atoms with van der Waals surface area (Å²) < 4.78 is 3.91. The Morgan fingerprint density at radius 1 is 1.20 bits per heavy atom. The van der Waals surface area contributed by atoms with E-state index in [2.05, 4.69) is 26.0 Å². The molecule has 1 N–H and O–H groups in total. The second kappa shape index (κ2) is 5.88. The van der Waals surface area contributed by atoms with E-state index in [9.17, 15) is 4.79 Å². The molecule has 0 aliphatic carbocycles. The number of carbonyl (C=O) groups excluding carboxylic acids is 1. The molecule has 0 saturated heterocycles. The Balaban J connectivity index is 1.88. The molecule has 1 aromatic carbocycles. The zero-order valence-corrected chi connectivity index (χ0v) is 14.7. The summed E-state index contributed by atoms with van der Waals surface area (Å²) in [6.45, 7) is 5.37. The van der Waals surface area contributed by atoms with E-state index in [0.717, 1.165) is 45.8 Å². The highest BCUT2D eigenvalue weighted by atomic mass is 16.1. The Morgan fingerprint density at radius 3 is 2.68 bits per heavy atom. The predicted molar refractivity (Wildman–Crippen MR) is 95.5 cm³/mol. The van der Waals surface area contributed by atoms with E-state index >= 15 is 0 Å². The molecule has 3 aromatic rings. The largest absolute Gasteiger partial charge is 0.352 e. The molecule has 6 heteroatoms. The van der Waals surface area contributed by atoms with Gasteiger partial charge in [0.2, 0.25) is 0 Å². The summed E-state index contributed by atoms with van der Waals surface area (Å²) in [6, 6.07) is 4.21. The molecule has 1 aliphatic rings. The van der Waals surface area contributed by atoms with E-state index in [1.54, 1.807) is 6.20 Å². The SMILES string of the molecule is Cc1nn(C)cc1-c1cc(Cn2ccnc2C)cc2c1CCNC2=O. The first kappa shape index (κ1) is 15.6. The normalized spacial score (nSPS) is 13.6. The molecule has 3 heterocycles. The smallest absolute Gasteiger partial charge is 0.251 e. The van der Waals surface area contributed by atoms with Gasteiger partial charge in [-0.25, -0.2) is 4.98 Å². The first-order valence-corrected chi connectivity index (χ1v) is 8.45. The highest BCUT2D eigenvalue weighted by Crippen LogP contribution is 2.32. The van der Waals surface area contributed by atoms with Gasteiger partial charge in [0.15, 0.2) is 0 Å². The van der Waals surface area contributed by atoms with E-state index in [1.807, 2.05) is 44.0 Å². The van der Waals surface area contributed by atoms with Crippen LogP contribution in [0.15, 0.2) is 30.7 Å². The van der Waals surface area contributed by atoms with Crippen LogP contribution in [0.4, 0.5) is 0 Å². The number of nitrogens with zero attached hydrogens (tertiary/aromatic N) is 4. The van der Waals surface area contributed by atoms with Crippen molar-refractivity contribution in [1.29, 1.82) is 0 Å². The fraction of sp³-hybridized carbons (Fsp3) is 0.316. The second-order valence-electron chi connectivity index (χ2n) is 6.58. The number of rotatable bonds is 3. The maximum absolute atomic E-state index is 12.4. The van der Waals surface area contributed by atoms with Gasteiger partial charge in [-0.05, 0) is 49.1 Å². The van der Waals surface area contributed by atoms with Gasteiger partial charge in [-0.2, -0.15) is 5.10 Å². The third-order valence-corrected chi connectivity index (χ3v) is 4.80. The van der Waals surface area contributed by atoms with Gasteiger partial charge in [0.25, 0.3) is 5.91 Å². The van der Waals surface area contributed by atoms with E-state index < -0.39 is 0 Å². The molecule has 128 valence electrons. The molecule has 1 amide bonds. The van der Waals surface area contributed by atoms with Gasteiger partial charge in [0, 0.05) is 49.9 Å². The van der Waals surface area contributed by atoms with Crippen molar-refractivity contribution >= 4 is 5.91 Å². The van der Waals surface area contributed by atoms with Crippen molar-refractivity contribution in [3.63, 3.8) is 0 Å². The van der Waals surface area contributed by atoms with Crippen LogP contribution in [-0.4, -0.2) is 31.8 Å². The molecule has 6 nitrogen and oxygen atoms in total. The lowest BCUT2D eigenvalue weighted by Crippen LogP contribution is -2.32. The van der Waals surface area contributed by atoms with Crippen LogP contribution in [0, 0.1) is 13.8 Å². The van der Waals surface area contributed by atoms with Crippen molar-refractivity contribution in [1.82, 2.24) is 24.6 Å². The van der Waals surface area contributed by atoms with E-state index in [4.69, 9.17) is 0 Å². The van der Waals surface area contributed by atoms with Crippen molar-refractivity contribution in [2.24, 2.45) is 7.05 Å². The van der Waals surface area contributed by atoms with Crippen LogP contribution in [0.1, 0.15) is 33.0 Å². The molecule has 0 radical (unpaired) electrons. The maximum Gasteiger partial charge on any atom is 0.251 e. The van der Waals surface area contributed by atoms with Crippen molar-refractivity contribution in [2.45, 2.75) is 26.8 Å². The van der Waals surface area contributed by atoms with Crippen molar-refractivity contribution in [2.75, 3.05) is 6.54 Å². The monoisotopic (exact) mass is 335 g/mol. The molecule has 0 spiro atoms. The van der Waals surface area contributed by atoms with Gasteiger partial charge in [0.05, 0.1) is 5.69 Å². The van der Waals surface area contributed by atoms with Crippen LogP contribution in [0.3, 0.4) is 0 Å². The number of nitrogens with one attached hydrogen (secondary N) is 1. The lowest BCUT2D eigenvalue weighted by atomic mass is 9.89. The summed E-state index contributed by atoms with van der Waals surface area (Å²) in [5, 5.41) is 7.43. The molecule has 2 aromatic heterocycles. The van der Waals surface area contributed by atoms with Gasteiger partial charge in [-0.3, -0.25) is 9.48 Å². The van der Waals surface area contributed by atoms with E-state index in [1.165, 1.54) is 0 Å². The number of imidazole rings is 1. The molecule has 0 bridgehead atoms. The Bertz CT molecular complexity index is 966. The topological polar surface area (TPSA) is 64.7 Å². The Labute approximate surface area is 146 Å². The molecule has 4 rings (SSSR count). The standard InChI is InChI=1S/C19H21N5O/c1-12-18(11-23(3)22-12)16-8-14(10-24-7-6-20-13(24)2)9-17-15(16)4-5-21-19(17)25/h6-9,11H,4-5,10H2,1-3H3,(H,21,25). The van der Waals surface area contributed by atoms with Crippen LogP contribution in [-0.2, 0) is 20.0 Å². The summed E-state index contributed by atoms with van der Waals surface area (Å²) in [6.07, 6.45) is 6.63. The lowest BCUT2D eigenvalue weighted by Gasteiger charge is -2.21. The summed E-state index contributed by atoms with van der Waals surface area (Å²) in [5.74, 6) is 0.967. The number of aryl methyl sites for hydroxylation is 3. The van der Waals surface area contributed by atoms with Crippen LogP contribution >= 0.6 is 0 Å². The third-order valence-electron chi connectivity index (χ3n) is 4.80. The number of carbonyl (C=O) groups is 1. The molecule has 0 atom stereocenters. The fourth-order valence-corrected chi connectivity index (χ4v) is 3.56. The number of hydrogen-bond donors (Lipinski definition) is 1. The zero-order chi connectivity index (χ0) is 17.6. The predicted octanol–water partition coefficient (Wildman–Crippen LogP) is 2.23. The molecular formula is C19H21N5O. The molecule has 0 saturated carbocycles. The highest BCUT2D eigenvalue weighted by Gasteiger charge is 2.23. The third kappa shape index (κ3) is 2.73. The summed E-state index contributed by atoms with van der Waals surface area (Å²) >= 11 is 0. The number of fused-ring (bicyclic) bond motifs is 1. The van der Waals surface area contributed by atoms with Crippen LogP contribution in [0.5, 0.6) is 0 Å². The average molecular weight is 335 g/mol. The molecule has 1 aliphatic heterocycles. The average Bonchev–Trinajstić information content (AvgIpc) is 3.13. The minimum Gasteiger partial charge on any atom is -0.352 e. The Hall–Kier alpha value is -2.89. The first-order valence-electron chi connectivity index (χ1n) is 8.45. The number of benzene rings is 1. The Morgan fingerprint density at radius 2 is 2.00 bits per heavy atom. The zero-order valence-electron chi connectivity index (χ0n) is 14.7. The van der Waals surface area contributed by atoms with Crippen LogP contribution in [0.25, 0.3) is 11.1 Å². The van der Waals surface area contributed by atoms with Gasteiger partial charge >= 0.3 is 0 Å². The maximum atomic E-state index is 12.4. The van der Waals surface area contributed by atoms with Crippen LogP contribution < -0.4 is 5.32 Å². The van der Waals surface area contributed by atoms with Crippen LogP contribution in [0.2, 0.25) is 0 Å². The first-order chi connectivity index (χ1) is 12.0. The van der Waals surface area contributed by atoms with Gasteiger partial charge in [0.1, 0.15) is 5.82 Å². The molecule has 25 heavy (non-hydrogen) atoms. The van der Waals surface area contributed by atoms with Gasteiger partial charge < -0.3 is 9.88 Å². The number of hydrogen-bond acceptors (Lipinski definition) is 3. The number of amides is 1. The Kier molecular flexibility index (Phi) is 3.67.